The Kier molecular flexibility index (Phi) is 48.8. The second-order valence-electron chi connectivity index (χ2n) is 17.8. The number of hydrogen-bond acceptors (Lipinski definition) is 6. The van der Waals surface area contributed by atoms with Crippen LogP contribution < -0.4 is 0 Å². The molecule has 0 aliphatic rings. The van der Waals surface area contributed by atoms with Crippen LogP contribution in [0.25, 0.3) is 0 Å². The van der Waals surface area contributed by atoms with Gasteiger partial charge in [0.05, 0.1) is 0 Å². The highest BCUT2D eigenvalue weighted by Crippen LogP contribution is 2.16. The van der Waals surface area contributed by atoms with Gasteiger partial charge in [-0.1, -0.05) is 243 Å². The van der Waals surface area contributed by atoms with Crippen LogP contribution in [0, 0.1) is 0 Å². The molecule has 0 aromatic rings. The fraction of sp³-hybridized carbons (Fsp3) is 0.804. The molecule has 0 aromatic carbocycles. The van der Waals surface area contributed by atoms with E-state index in [0.717, 1.165) is 89.9 Å². The zero-order valence-corrected chi connectivity index (χ0v) is 41.1. The van der Waals surface area contributed by atoms with E-state index in [-0.39, 0.29) is 31.1 Å². The Balaban J connectivity index is 4.31. The molecule has 1 atom stereocenters. The minimum atomic E-state index is -0.784. The molecule has 6 heteroatoms. The largest absolute Gasteiger partial charge is 0.462 e. The average Bonchev–Trinajstić information content (AvgIpc) is 3.27. The lowest BCUT2D eigenvalue weighted by atomic mass is 10.0. The molecule has 0 heterocycles. The van der Waals surface area contributed by atoms with E-state index in [4.69, 9.17) is 14.2 Å². The second-order valence-corrected chi connectivity index (χ2v) is 17.8. The van der Waals surface area contributed by atoms with Crippen molar-refractivity contribution in [2.75, 3.05) is 13.2 Å². The first-order valence-corrected chi connectivity index (χ1v) is 26.6. The average molecular weight is 869 g/mol. The molecule has 0 saturated carbocycles. The zero-order valence-electron chi connectivity index (χ0n) is 41.1. The molecule has 6 nitrogen and oxygen atoms in total. The third-order valence-corrected chi connectivity index (χ3v) is 11.6. The summed E-state index contributed by atoms with van der Waals surface area (Å²) in [5, 5.41) is 0. The molecule has 0 saturated heterocycles. The first-order valence-electron chi connectivity index (χ1n) is 26.6. The summed E-state index contributed by atoms with van der Waals surface area (Å²) in [5.74, 6) is -0.906. The molecule has 1 unspecified atom stereocenters. The van der Waals surface area contributed by atoms with Crippen LogP contribution in [-0.2, 0) is 28.6 Å². The van der Waals surface area contributed by atoms with Gasteiger partial charge in [-0.2, -0.15) is 0 Å². The summed E-state index contributed by atoms with van der Waals surface area (Å²) in [6.07, 6.45) is 61.1. The maximum Gasteiger partial charge on any atom is 0.306 e. The van der Waals surface area contributed by atoms with Crippen LogP contribution in [0.3, 0.4) is 0 Å². The van der Waals surface area contributed by atoms with Gasteiger partial charge < -0.3 is 14.2 Å². The monoisotopic (exact) mass is 869 g/mol. The number of ether oxygens (including phenoxy) is 3. The first kappa shape index (κ1) is 59.4. The lowest BCUT2D eigenvalue weighted by molar-refractivity contribution is -0.167. The molecule has 0 aromatic heterocycles. The van der Waals surface area contributed by atoms with Crippen molar-refractivity contribution >= 4 is 17.9 Å². The highest BCUT2D eigenvalue weighted by molar-refractivity contribution is 5.71. The summed E-state index contributed by atoms with van der Waals surface area (Å²) in [6.45, 7) is 6.50. The van der Waals surface area contributed by atoms with Gasteiger partial charge in [-0.25, -0.2) is 0 Å². The van der Waals surface area contributed by atoms with Crippen LogP contribution in [0.1, 0.15) is 271 Å². The van der Waals surface area contributed by atoms with Crippen molar-refractivity contribution in [1.82, 2.24) is 0 Å². The molecule has 0 aliphatic carbocycles. The maximum atomic E-state index is 12.8. The maximum absolute atomic E-state index is 12.8. The van der Waals surface area contributed by atoms with Gasteiger partial charge in [-0.15, -0.1) is 0 Å². The van der Waals surface area contributed by atoms with Gasteiger partial charge in [-0.05, 0) is 57.8 Å². The molecular formula is C56H100O6. The van der Waals surface area contributed by atoms with E-state index in [1.807, 2.05) is 0 Å². The van der Waals surface area contributed by atoms with Gasteiger partial charge in [0.15, 0.2) is 6.10 Å². The van der Waals surface area contributed by atoms with Crippen molar-refractivity contribution in [2.24, 2.45) is 0 Å². The molecule has 0 N–H and O–H groups in total. The minimum Gasteiger partial charge on any atom is -0.462 e. The van der Waals surface area contributed by atoms with E-state index in [1.165, 1.54) is 141 Å². The Morgan fingerprint density at radius 1 is 0.339 bits per heavy atom. The summed E-state index contributed by atoms with van der Waals surface area (Å²) >= 11 is 0. The molecule has 0 amide bonds. The van der Waals surface area contributed by atoms with E-state index < -0.39 is 6.10 Å². The highest BCUT2D eigenvalue weighted by Gasteiger charge is 2.19. The van der Waals surface area contributed by atoms with Crippen LogP contribution in [-0.4, -0.2) is 37.2 Å². The number of allylic oxidation sites excluding steroid dienone is 8. The van der Waals surface area contributed by atoms with Crippen LogP contribution in [0.15, 0.2) is 48.6 Å². The van der Waals surface area contributed by atoms with Crippen LogP contribution >= 0.6 is 0 Å². The van der Waals surface area contributed by atoms with Crippen LogP contribution in [0.2, 0.25) is 0 Å². The van der Waals surface area contributed by atoms with Crippen molar-refractivity contribution in [2.45, 2.75) is 277 Å². The third-order valence-electron chi connectivity index (χ3n) is 11.6. The molecule has 0 rings (SSSR count). The topological polar surface area (TPSA) is 78.9 Å². The SMILES string of the molecule is CC/C=C\C/C=C\C/C=C\C/C=C\CCCCCC(=O)OC(COC(=O)CCCCCCCCCCC)COC(=O)CCCCCCCCCCCCCCCCCCCCC. The Bertz CT molecular complexity index is 1090. The standard InChI is InChI=1S/C56H100O6/c1-4-7-10-13-16-19-21-23-25-27-28-29-31-32-34-37-40-43-46-49-55(58)61-52-53(51-60-54(57)48-45-42-39-36-18-15-12-9-6-3)62-56(59)50-47-44-41-38-35-33-30-26-24-22-20-17-14-11-8-5-2/h8,11,17,20,24,26,33,35,53H,4-7,9-10,12-16,18-19,21-23,25,27-32,34,36-52H2,1-3H3/b11-8-,20-17-,26-24-,35-33-. The van der Waals surface area contributed by atoms with E-state index in [1.54, 1.807) is 0 Å². The quantitative estimate of drug-likeness (QED) is 0.0262. The smallest absolute Gasteiger partial charge is 0.306 e. The van der Waals surface area contributed by atoms with E-state index in [2.05, 4.69) is 69.4 Å². The summed E-state index contributed by atoms with van der Waals surface area (Å²) in [6, 6.07) is 0. The Labute approximate surface area is 384 Å². The predicted molar refractivity (Wildman–Crippen MR) is 265 cm³/mol. The molecule has 0 spiro atoms. The minimum absolute atomic E-state index is 0.0825. The first-order chi connectivity index (χ1) is 30.5. The van der Waals surface area contributed by atoms with Gasteiger partial charge in [0.2, 0.25) is 0 Å². The fourth-order valence-corrected chi connectivity index (χ4v) is 7.61. The van der Waals surface area contributed by atoms with E-state index >= 15 is 0 Å². The van der Waals surface area contributed by atoms with Crippen molar-refractivity contribution in [3.63, 3.8) is 0 Å². The van der Waals surface area contributed by atoms with Gasteiger partial charge in [0.25, 0.3) is 0 Å². The zero-order chi connectivity index (χ0) is 45.1. The van der Waals surface area contributed by atoms with Crippen molar-refractivity contribution in [3.8, 4) is 0 Å². The van der Waals surface area contributed by atoms with Gasteiger partial charge in [-0.3, -0.25) is 14.4 Å². The van der Waals surface area contributed by atoms with Crippen molar-refractivity contribution in [1.29, 1.82) is 0 Å². The number of rotatable bonds is 48. The molecule has 62 heavy (non-hydrogen) atoms. The Morgan fingerprint density at radius 2 is 0.629 bits per heavy atom. The Hall–Kier alpha value is -2.63. The third kappa shape index (κ3) is 48.4. The van der Waals surface area contributed by atoms with Crippen LogP contribution in [0.4, 0.5) is 0 Å². The lowest BCUT2D eigenvalue weighted by Crippen LogP contribution is -2.30. The van der Waals surface area contributed by atoms with Gasteiger partial charge >= 0.3 is 17.9 Å². The molecule has 0 aliphatic heterocycles. The summed E-state index contributed by atoms with van der Waals surface area (Å²) in [5.41, 5.74) is 0. The van der Waals surface area contributed by atoms with Crippen molar-refractivity contribution in [3.05, 3.63) is 48.6 Å². The molecule has 360 valence electrons. The number of unbranched alkanes of at least 4 members (excludes halogenated alkanes) is 29. The molecule has 0 bridgehead atoms. The second kappa shape index (κ2) is 51.0. The van der Waals surface area contributed by atoms with Gasteiger partial charge in [0, 0.05) is 19.3 Å². The summed E-state index contributed by atoms with van der Waals surface area (Å²) in [4.78, 5) is 37.9. The Morgan fingerprint density at radius 3 is 0.984 bits per heavy atom. The van der Waals surface area contributed by atoms with Gasteiger partial charge in [0.1, 0.15) is 13.2 Å². The van der Waals surface area contributed by atoms with E-state index in [0.29, 0.717) is 19.3 Å². The number of carbonyl (C=O) groups is 3. The molecular weight excluding hydrogens is 769 g/mol. The number of carbonyl (C=O) groups excluding carboxylic acids is 3. The number of esters is 3. The normalized spacial score (nSPS) is 12.4. The molecule has 0 fully saturated rings. The highest BCUT2D eigenvalue weighted by atomic mass is 16.6. The summed E-state index contributed by atoms with van der Waals surface area (Å²) < 4.78 is 16.8. The predicted octanol–water partition coefficient (Wildman–Crippen LogP) is 17.5. The van der Waals surface area contributed by atoms with Crippen LogP contribution in [0.5, 0.6) is 0 Å². The lowest BCUT2D eigenvalue weighted by Gasteiger charge is -2.18. The fourth-order valence-electron chi connectivity index (χ4n) is 7.61. The van der Waals surface area contributed by atoms with E-state index in [9.17, 15) is 14.4 Å². The molecule has 0 radical (unpaired) electrons. The number of hydrogen-bond donors (Lipinski definition) is 0. The summed E-state index contributed by atoms with van der Waals surface area (Å²) in [7, 11) is 0. The van der Waals surface area contributed by atoms with Crippen molar-refractivity contribution < 1.29 is 28.6 Å².